The topological polar surface area (TPSA) is 29.5 Å². The van der Waals surface area contributed by atoms with E-state index in [1.165, 1.54) is 0 Å². The zero-order valence-electron chi connectivity index (χ0n) is 8.34. The van der Waals surface area contributed by atoms with E-state index in [1.807, 2.05) is 6.92 Å². The molecule has 3 atom stereocenters. The van der Waals surface area contributed by atoms with Gasteiger partial charge in [-0.1, -0.05) is 13.3 Å². The fraction of sp³-hybridized carbons (Fsp3) is 1.00. The zero-order chi connectivity index (χ0) is 9.19. The van der Waals surface area contributed by atoms with Crippen molar-refractivity contribution in [1.82, 2.24) is 0 Å². The molecule has 1 N–H and O–H groups in total. The van der Waals surface area contributed by atoms with Gasteiger partial charge in [0.1, 0.15) is 0 Å². The molecule has 2 nitrogen and oxygen atoms in total. The van der Waals surface area contributed by atoms with Crippen molar-refractivity contribution in [1.29, 1.82) is 0 Å². The molecule has 0 aliphatic heterocycles. The van der Waals surface area contributed by atoms with Crippen LogP contribution in [-0.4, -0.2) is 23.9 Å². The van der Waals surface area contributed by atoms with Crippen LogP contribution in [0.3, 0.4) is 0 Å². The van der Waals surface area contributed by atoms with Crippen molar-refractivity contribution in [2.24, 2.45) is 5.92 Å². The summed E-state index contributed by atoms with van der Waals surface area (Å²) in [7, 11) is 1.72. The normalized spacial score (nSPS) is 36.5. The predicted molar refractivity (Wildman–Crippen MR) is 49.1 cm³/mol. The van der Waals surface area contributed by atoms with Crippen LogP contribution in [0.25, 0.3) is 0 Å². The molecule has 2 heteroatoms. The van der Waals surface area contributed by atoms with Crippen molar-refractivity contribution in [3.05, 3.63) is 0 Å². The molecule has 0 aromatic heterocycles. The molecule has 1 saturated carbocycles. The summed E-state index contributed by atoms with van der Waals surface area (Å²) in [6.45, 7) is 4.19. The van der Waals surface area contributed by atoms with Crippen LogP contribution in [0, 0.1) is 5.92 Å². The average molecular weight is 172 g/mol. The van der Waals surface area contributed by atoms with Crippen LogP contribution in [0.5, 0.6) is 0 Å². The highest BCUT2D eigenvalue weighted by molar-refractivity contribution is 5.02. The highest BCUT2D eigenvalue weighted by Gasteiger charge is 2.50. The second kappa shape index (κ2) is 3.75. The number of hydrogen-bond acceptors (Lipinski definition) is 2. The molecule has 0 spiro atoms. The van der Waals surface area contributed by atoms with Gasteiger partial charge >= 0.3 is 0 Å². The lowest BCUT2D eigenvalue weighted by Crippen LogP contribution is -2.15. The molecule has 12 heavy (non-hydrogen) atoms. The predicted octanol–water partition coefficient (Wildman–Crippen LogP) is 1.96. The highest BCUT2D eigenvalue weighted by atomic mass is 16.5. The summed E-state index contributed by atoms with van der Waals surface area (Å²) < 4.78 is 5.13. The van der Waals surface area contributed by atoms with Crippen LogP contribution in [0.2, 0.25) is 0 Å². The molecule has 0 saturated heterocycles. The van der Waals surface area contributed by atoms with Crippen LogP contribution < -0.4 is 0 Å². The molecule has 1 rings (SSSR count). The Morgan fingerprint density at radius 1 is 1.67 bits per heavy atom. The van der Waals surface area contributed by atoms with Crippen molar-refractivity contribution in [3.63, 3.8) is 0 Å². The van der Waals surface area contributed by atoms with Gasteiger partial charge in [-0.25, -0.2) is 0 Å². The number of methoxy groups -OCH3 is 1. The fourth-order valence-electron chi connectivity index (χ4n) is 1.77. The summed E-state index contributed by atoms with van der Waals surface area (Å²) in [5, 5.41) is 9.88. The minimum Gasteiger partial charge on any atom is -0.390 e. The summed E-state index contributed by atoms with van der Waals surface area (Å²) in [5.74, 6) is 0.557. The van der Waals surface area contributed by atoms with Gasteiger partial charge in [-0.05, 0) is 32.1 Å². The molecule has 0 aromatic rings. The maximum Gasteiger partial charge on any atom is 0.0681 e. The lowest BCUT2D eigenvalue weighted by molar-refractivity contribution is 0.0685. The second-order valence-corrected chi connectivity index (χ2v) is 4.00. The summed E-state index contributed by atoms with van der Waals surface area (Å²) in [4.78, 5) is 0. The molecular formula is C10H20O2. The Morgan fingerprint density at radius 2 is 2.33 bits per heavy atom. The zero-order valence-corrected chi connectivity index (χ0v) is 8.34. The van der Waals surface area contributed by atoms with E-state index in [-0.39, 0.29) is 11.7 Å². The summed E-state index contributed by atoms with van der Waals surface area (Å²) in [5.41, 5.74) is -0.332. The maximum absolute atomic E-state index is 9.88. The van der Waals surface area contributed by atoms with E-state index in [0.29, 0.717) is 5.92 Å². The third-order valence-corrected chi connectivity index (χ3v) is 3.08. The van der Waals surface area contributed by atoms with Gasteiger partial charge in [0.05, 0.1) is 11.7 Å². The maximum atomic E-state index is 9.88. The van der Waals surface area contributed by atoms with E-state index in [1.54, 1.807) is 7.11 Å². The van der Waals surface area contributed by atoms with Crippen molar-refractivity contribution >= 4 is 0 Å². The molecule has 0 heterocycles. The van der Waals surface area contributed by atoms with Gasteiger partial charge in [0.15, 0.2) is 0 Å². The molecule has 0 aromatic carbocycles. The quantitative estimate of drug-likeness (QED) is 0.687. The van der Waals surface area contributed by atoms with Crippen molar-refractivity contribution in [2.75, 3.05) is 7.11 Å². The molecule has 72 valence electrons. The lowest BCUT2D eigenvalue weighted by Gasteiger charge is -2.13. The Hall–Kier alpha value is -0.0800. The van der Waals surface area contributed by atoms with Gasteiger partial charge < -0.3 is 9.84 Å². The average Bonchev–Trinajstić information content (AvgIpc) is 2.74. The Balaban J connectivity index is 2.16. The molecule has 3 unspecified atom stereocenters. The van der Waals surface area contributed by atoms with Gasteiger partial charge in [0, 0.05) is 7.11 Å². The van der Waals surface area contributed by atoms with Crippen LogP contribution in [-0.2, 0) is 4.74 Å². The number of rotatable bonds is 5. The minimum absolute atomic E-state index is 0.284. The fourth-order valence-corrected chi connectivity index (χ4v) is 1.77. The van der Waals surface area contributed by atoms with E-state index in [0.717, 1.165) is 25.7 Å². The Labute approximate surface area is 74.9 Å². The van der Waals surface area contributed by atoms with E-state index in [2.05, 4.69) is 6.92 Å². The summed E-state index contributed by atoms with van der Waals surface area (Å²) >= 11 is 0. The summed E-state index contributed by atoms with van der Waals surface area (Å²) in [6.07, 6.45) is 4.27. The number of aliphatic hydroxyl groups is 1. The van der Waals surface area contributed by atoms with Crippen molar-refractivity contribution < 1.29 is 9.84 Å². The van der Waals surface area contributed by atoms with Gasteiger partial charge in [0.2, 0.25) is 0 Å². The molecular weight excluding hydrogens is 152 g/mol. The first-order valence-electron chi connectivity index (χ1n) is 4.87. The SMILES string of the molecule is CCC1CC1(O)CCC(C)OC. The van der Waals surface area contributed by atoms with Crippen LogP contribution in [0.15, 0.2) is 0 Å². The standard InChI is InChI=1S/C10H20O2/c1-4-9-7-10(9,11)6-5-8(2)12-3/h8-9,11H,4-7H2,1-3H3. The van der Waals surface area contributed by atoms with Gasteiger partial charge in [-0.15, -0.1) is 0 Å². The van der Waals surface area contributed by atoms with E-state index in [4.69, 9.17) is 4.74 Å². The van der Waals surface area contributed by atoms with Crippen LogP contribution >= 0.6 is 0 Å². The van der Waals surface area contributed by atoms with E-state index in [9.17, 15) is 5.11 Å². The van der Waals surface area contributed by atoms with E-state index < -0.39 is 0 Å². The summed E-state index contributed by atoms with van der Waals surface area (Å²) in [6, 6.07) is 0. The minimum atomic E-state index is -0.332. The van der Waals surface area contributed by atoms with Gasteiger partial charge in [0.25, 0.3) is 0 Å². The number of hydrogen-bond donors (Lipinski definition) is 1. The molecule has 1 aliphatic carbocycles. The lowest BCUT2D eigenvalue weighted by atomic mass is 10.1. The first-order chi connectivity index (χ1) is 5.62. The third-order valence-electron chi connectivity index (χ3n) is 3.08. The van der Waals surface area contributed by atoms with Gasteiger partial charge in [-0.2, -0.15) is 0 Å². The largest absolute Gasteiger partial charge is 0.390 e. The third kappa shape index (κ3) is 2.20. The molecule has 0 amide bonds. The molecule has 0 radical (unpaired) electrons. The van der Waals surface area contributed by atoms with E-state index >= 15 is 0 Å². The molecule has 1 aliphatic rings. The van der Waals surface area contributed by atoms with Crippen molar-refractivity contribution in [3.8, 4) is 0 Å². The molecule has 0 bridgehead atoms. The highest BCUT2D eigenvalue weighted by Crippen LogP contribution is 2.48. The Kier molecular flexibility index (Phi) is 3.13. The Morgan fingerprint density at radius 3 is 2.75 bits per heavy atom. The smallest absolute Gasteiger partial charge is 0.0681 e. The second-order valence-electron chi connectivity index (χ2n) is 4.00. The first kappa shape index (κ1) is 10.0. The Bertz CT molecular complexity index is 147. The van der Waals surface area contributed by atoms with Crippen LogP contribution in [0.1, 0.15) is 39.5 Å². The number of ether oxygens (including phenoxy) is 1. The van der Waals surface area contributed by atoms with Crippen LogP contribution in [0.4, 0.5) is 0 Å². The molecule has 1 fully saturated rings. The van der Waals surface area contributed by atoms with Gasteiger partial charge in [-0.3, -0.25) is 0 Å². The monoisotopic (exact) mass is 172 g/mol. The van der Waals surface area contributed by atoms with Crippen molar-refractivity contribution in [2.45, 2.75) is 51.2 Å². The first-order valence-corrected chi connectivity index (χ1v) is 4.87.